The Hall–Kier alpha value is -2.36. The summed E-state index contributed by atoms with van der Waals surface area (Å²) in [6.07, 6.45) is 0.988. The normalized spacial score (nSPS) is 11.8. The fourth-order valence-corrected chi connectivity index (χ4v) is 5.78. The van der Waals surface area contributed by atoms with Crippen LogP contribution in [0.4, 0.5) is 14.4 Å². The molecule has 0 heterocycles. The van der Waals surface area contributed by atoms with Gasteiger partial charge in [0.25, 0.3) is 0 Å². The Balaban J connectivity index is -0.000000868. The molecule has 0 spiro atoms. The van der Waals surface area contributed by atoms with Gasteiger partial charge in [0, 0.05) is 48.1 Å². The molecule has 0 fully saturated rings. The van der Waals surface area contributed by atoms with Crippen LogP contribution in [0, 0.1) is 0 Å². The molecule has 0 aromatic heterocycles. The van der Waals surface area contributed by atoms with Crippen molar-refractivity contribution in [2.24, 2.45) is 0 Å². The number of halogens is 5. The number of hydrogen-bond acceptors (Lipinski definition) is 15. The van der Waals surface area contributed by atoms with Gasteiger partial charge in [0.1, 0.15) is 16.8 Å². The number of benzene rings is 3. The summed E-state index contributed by atoms with van der Waals surface area (Å²) in [5.41, 5.74) is 0.490. The van der Waals surface area contributed by atoms with Crippen LogP contribution in [0.25, 0.3) is 6.08 Å². The monoisotopic (exact) mass is 1410 g/mol. The zero-order valence-electron chi connectivity index (χ0n) is 42.0. The van der Waals surface area contributed by atoms with Crippen LogP contribution in [-0.4, -0.2) is 74.4 Å². The second-order valence-corrected chi connectivity index (χ2v) is 25.8. The zero-order chi connectivity index (χ0) is 54.9. The van der Waals surface area contributed by atoms with Crippen molar-refractivity contribution in [1.29, 1.82) is 0 Å². The van der Waals surface area contributed by atoms with Crippen molar-refractivity contribution in [2.75, 3.05) is 0 Å². The number of amides is 3. The summed E-state index contributed by atoms with van der Waals surface area (Å²) in [6, 6.07) is 16.3. The molecule has 0 bridgehead atoms. The van der Waals surface area contributed by atoms with Gasteiger partial charge in [0.05, 0.1) is 26.7 Å². The van der Waals surface area contributed by atoms with E-state index in [1.54, 1.807) is 45.0 Å². The first-order valence-electron chi connectivity index (χ1n) is 20.0. The summed E-state index contributed by atoms with van der Waals surface area (Å²) < 4.78 is 84.3. The van der Waals surface area contributed by atoms with Crippen molar-refractivity contribution in [2.45, 2.75) is 137 Å². The van der Waals surface area contributed by atoms with Gasteiger partial charge < -0.3 is 30.2 Å². The standard InChI is InChI=1S/C16H22ClNO2.C15H20ClNO3.C14H19BrClNO2.HIO4.Na.4O.Os/c1-7-11-8-9-12(10-13(11)17)16(5,6)18-14(19)20-15(2,3)4;1-14(2,3)20-13(19)17-15(4,5)11-7-6-10(9-18)12(16)8-11;1-13(2,3)19-12(18)17-14(4,5)9-6-7-10(15)11(16)8-9;2-1(3,4)5;;;;;;/h7-10H,1H2,2-6H3,(H,18,19);6-9H,1-5H3,(H,17,19);6-8H,1-5H3,(H,17,18);2H;;;;;;. The van der Waals surface area contributed by atoms with E-state index < -0.39 is 86.6 Å². The molecule has 18 nitrogen and oxygen atoms in total. The van der Waals surface area contributed by atoms with Gasteiger partial charge in [-0.3, -0.25) is 15.1 Å². The Bertz CT molecular complexity index is 2370. The van der Waals surface area contributed by atoms with E-state index in [0.29, 0.717) is 26.9 Å². The van der Waals surface area contributed by atoms with Crippen molar-refractivity contribution in [3.8, 4) is 0 Å². The van der Waals surface area contributed by atoms with E-state index in [1.165, 1.54) is 0 Å². The van der Waals surface area contributed by atoms with Crippen molar-refractivity contribution in [1.82, 2.24) is 16.0 Å². The minimum atomic E-state index is -6.06. The summed E-state index contributed by atoms with van der Waals surface area (Å²) >= 11 is 9.84. The van der Waals surface area contributed by atoms with E-state index in [0.717, 1.165) is 26.7 Å². The van der Waals surface area contributed by atoms with Gasteiger partial charge in [-0.1, -0.05) is 71.7 Å². The molecule has 0 saturated carbocycles. The molecule has 0 unspecified atom stereocenters. The quantitative estimate of drug-likeness (QED) is 0.0932. The van der Waals surface area contributed by atoms with E-state index in [2.05, 4.69) is 38.5 Å². The van der Waals surface area contributed by atoms with Gasteiger partial charge in [0.2, 0.25) is 0 Å². The predicted molar refractivity (Wildman–Crippen MR) is 255 cm³/mol. The van der Waals surface area contributed by atoms with Gasteiger partial charge in [-0.05, 0) is 172 Å². The molecular formula is C45H62BrCl3IN3NaO15Os. The number of rotatable bonds is 8. The molecule has 0 aliphatic carbocycles. The number of alkyl carbamates (subject to hydrolysis) is 3. The number of hydrogen-bond donors (Lipinski definition) is 4. The van der Waals surface area contributed by atoms with Crippen LogP contribution in [0.5, 0.6) is 0 Å². The summed E-state index contributed by atoms with van der Waals surface area (Å²) in [7, 11) is 0. The average Bonchev–Trinajstić information content (AvgIpc) is 3.08. The van der Waals surface area contributed by atoms with E-state index in [4.69, 9.17) is 76.9 Å². The molecule has 391 valence electrons. The third kappa shape index (κ3) is 34.9. The summed E-state index contributed by atoms with van der Waals surface area (Å²) in [5, 5.41) is 10.0. The Kier molecular flexibility index (Phi) is 30.3. The molecule has 1 radical (unpaired) electrons. The van der Waals surface area contributed by atoms with Gasteiger partial charge in [-0.2, -0.15) is 0 Å². The molecule has 0 saturated heterocycles. The van der Waals surface area contributed by atoms with Crippen LogP contribution in [0.15, 0.2) is 65.6 Å². The van der Waals surface area contributed by atoms with Gasteiger partial charge in [-0.25, -0.2) is 14.4 Å². The minimum absolute atomic E-state index is 0. The van der Waals surface area contributed by atoms with Gasteiger partial charge in [-0.15, -0.1) is 0 Å². The molecule has 3 aromatic rings. The van der Waals surface area contributed by atoms with Crippen LogP contribution in [0.3, 0.4) is 0 Å². The van der Waals surface area contributed by atoms with Crippen LogP contribution >= 0.6 is 50.7 Å². The Morgan fingerprint density at radius 1 is 0.586 bits per heavy atom. The molecule has 25 heteroatoms. The molecule has 0 atom stereocenters. The van der Waals surface area contributed by atoms with Crippen molar-refractivity contribution in [3.05, 3.63) is 109 Å². The molecule has 3 rings (SSSR count). The third-order valence-electron chi connectivity index (χ3n) is 7.87. The second kappa shape index (κ2) is 29.5. The first-order valence-corrected chi connectivity index (χ1v) is 29.7. The van der Waals surface area contributed by atoms with Crippen molar-refractivity contribution < 1.29 is 96.2 Å². The molecular weight excluding hydrogens is 1350 g/mol. The SMILES string of the molecule is C=Cc1ccc(C(C)(C)NC(=O)OC(C)(C)C)cc1Cl.CC(C)(C)OC(=O)NC(C)(C)c1ccc(Br)c(Cl)c1.CC(C)(C)OC(=O)NC(C)(C)c1ccc(C=O)c(Cl)c1.[Na].[O-][I+3]([O-])([O-])O.[O]=[Os](=[O])(=[O])=[O]. The summed E-state index contributed by atoms with van der Waals surface area (Å²) in [6.45, 7) is 31.3. The first-order chi connectivity index (χ1) is 30.6. The van der Waals surface area contributed by atoms with Gasteiger partial charge in [0.15, 0.2) is 6.29 Å². The maximum atomic E-state index is 11.9. The molecule has 0 aliphatic heterocycles. The van der Waals surface area contributed by atoms with Crippen LogP contribution < -0.4 is 46.4 Å². The molecule has 3 aromatic carbocycles. The number of ether oxygens (including phenoxy) is 3. The van der Waals surface area contributed by atoms with Crippen molar-refractivity contribution >= 4 is 111 Å². The Morgan fingerprint density at radius 3 is 1.04 bits per heavy atom. The fourth-order valence-electron chi connectivity index (χ4n) is 4.87. The maximum absolute atomic E-state index is 11.9. The zero-order valence-corrected chi connectivity index (χ0v) is 52.5. The van der Waals surface area contributed by atoms with Crippen LogP contribution in [0.1, 0.15) is 136 Å². The Labute approximate surface area is 464 Å². The van der Waals surface area contributed by atoms with Crippen molar-refractivity contribution in [3.63, 3.8) is 0 Å². The number of carbonyl (C=O) groups excluding carboxylic acids is 4. The summed E-state index contributed by atoms with van der Waals surface area (Å²) in [4.78, 5) is 46.3. The average molecular weight is 1410 g/mol. The second-order valence-electron chi connectivity index (χ2n) is 18.9. The van der Waals surface area contributed by atoms with Crippen LogP contribution in [0.2, 0.25) is 15.1 Å². The van der Waals surface area contributed by atoms with Gasteiger partial charge >= 0.3 is 67.4 Å². The first kappa shape index (κ1) is 71.9. The summed E-state index contributed by atoms with van der Waals surface area (Å²) in [5.74, 6) is 0. The number of carbonyl (C=O) groups is 4. The fraction of sp³-hybridized carbons (Fsp3) is 0.467. The number of nitrogens with one attached hydrogen (secondary N) is 3. The van der Waals surface area contributed by atoms with E-state index in [-0.39, 0.29) is 29.6 Å². The predicted octanol–water partition coefficient (Wildman–Crippen LogP) is 5.54. The van der Waals surface area contributed by atoms with E-state index >= 15 is 0 Å². The molecule has 4 N–H and O–H groups in total. The molecule has 70 heavy (non-hydrogen) atoms. The third-order valence-corrected chi connectivity index (χ3v) is 9.76. The molecule has 3 amide bonds. The molecule has 0 aliphatic rings. The van der Waals surface area contributed by atoms with Crippen LogP contribution in [-0.2, 0) is 59.8 Å². The number of aldehydes is 1. The van der Waals surface area contributed by atoms with E-state index in [1.807, 2.05) is 119 Å². The topological polar surface area (TPSA) is 290 Å². The Morgan fingerprint density at radius 2 is 0.829 bits per heavy atom. The van der Waals surface area contributed by atoms with E-state index in [9.17, 15) is 19.2 Å².